The molecule has 0 atom stereocenters. The Morgan fingerprint density at radius 3 is 2.67 bits per heavy atom. The van der Waals surface area contributed by atoms with Gasteiger partial charge in [0.05, 0.1) is 17.6 Å². The Morgan fingerprint density at radius 1 is 1.17 bits per heavy atom. The minimum Gasteiger partial charge on any atom is -0.411 e. The van der Waals surface area contributed by atoms with Crippen molar-refractivity contribution < 1.29 is 5.21 Å². The normalized spacial score (nSPS) is 11.3. The zero-order chi connectivity index (χ0) is 16.9. The maximum Gasteiger partial charge on any atom is 0.227 e. The number of nitrogens with one attached hydrogen (secondary N) is 1. The Bertz CT molecular complexity index is 841. The van der Waals surface area contributed by atoms with Gasteiger partial charge in [0.25, 0.3) is 0 Å². The lowest BCUT2D eigenvalue weighted by molar-refractivity contribution is 0.321. The van der Waals surface area contributed by atoms with Gasteiger partial charge in [0.2, 0.25) is 5.95 Å². The van der Waals surface area contributed by atoms with Gasteiger partial charge in [-0.25, -0.2) is 15.0 Å². The summed E-state index contributed by atoms with van der Waals surface area (Å²) in [5, 5.41) is 15.0. The second kappa shape index (κ2) is 6.91. The Labute approximate surface area is 139 Å². The minimum absolute atomic E-state index is 0.135. The number of benzene rings is 1. The van der Waals surface area contributed by atoms with Gasteiger partial charge >= 0.3 is 0 Å². The highest BCUT2D eigenvalue weighted by atomic mass is 16.4. The van der Waals surface area contributed by atoms with Gasteiger partial charge in [0.1, 0.15) is 6.21 Å². The first-order chi connectivity index (χ1) is 11.7. The van der Waals surface area contributed by atoms with Crippen LogP contribution in [0, 0.1) is 0 Å². The summed E-state index contributed by atoms with van der Waals surface area (Å²) in [4.78, 5) is 13.1. The fraction of sp³-hybridized carbons (Fsp3) is 0.176. The number of rotatable bonds is 5. The van der Waals surface area contributed by atoms with Gasteiger partial charge in [-0.3, -0.25) is 0 Å². The van der Waals surface area contributed by atoms with E-state index in [2.05, 4.69) is 25.4 Å². The number of anilines is 2. The molecule has 7 heteroatoms. The molecule has 2 N–H and O–H groups in total. The molecule has 0 aliphatic rings. The molecule has 3 rings (SSSR count). The minimum atomic E-state index is 0.135. The SMILES string of the molecule is CC(C)n1c(-c2ccnc(Nc3ccccc3)n2)cnc1/C=N\O. The van der Waals surface area contributed by atoms with Crippen LogP contribution in [0.25, 0.3) is 11.4 Å². The largest absolute Gasteiger partial charge is 0.411 e. The molecule has 0 unspecified atom stereocenters. The van der Waals surface area contributed by atoms with E-state index in [1.807, 2.05) is 54.8 Å². The number of oxime groups is 1. The van der Waals surface area contributed by atoms with Crippen LogP contribution in [-0.2, 0) is 0 Å². The summed E-state index contributed by atoms with van der Waals surface area (Å²) >= 11 is 0. The van der Waals surface area contributed by atoms with Crippen LogP contribution in [0.5, 0.6) is 0 Å². The Balaban J connectivity index is 1.97. The summed E-state index contributed by atoms with van der Waals surface area (Å²) in [6, 6.07) is 11.7. The van der Waals surface area contributed by atoms with E-state index in [0.29, 0.717) is 11.8 Å². The highest BCUT2D eigenvalue weighted by Crippen LogP contribution is 2.23. The van der Waals surface area contributed by atoms with E-state index in [1.54, 1.807) is 12.4 Å². The van der Waals surface area contributed by atoms with Gasteiger partial charge in [-0.15, -0.1) is 0 Å². The van der Waals surface area contributed by atoms with E-state index in [1.165, 1.54) is 6.21 Å². The van der Waals surface area contributed by atoms with Crippen LogP contribution in [0.2, 0.25) is 0 Å². The van der Waals surface area contributed by atoms with Gasteiger partial charge < -0.3 is 15.1 Å². The lowest BCUT2D eigenvalue weighted by Gasteiger charge is -2.14. The van der Waals surface area contributed by atoms with Gasteiger partial charge in [-0.1, -0.05) is 23.4 Å². The van der Waals surface area contributed by atoms with E-state index < -0.39 is 0 Å². The van der Waals surface area contributed by atoms with Crippen molar-refractivity contribution in [3.8, 4) is 11.4 Å². The maximum atomic E-state index is 8.79. The molecule has 0 aliphatic heterocycles. The van der Waals surface area contributed by atoms with Crippen LogP contribution in [0.3, 0.4) is 0 Å². The Morgan fingerprint density at radius 2 is 1.96 bits per heavy atom. The van der Waals surface area contributed by atoms with Gasteiger partial charge in [0, 0.05) is 17.9 Å². The fourth-order valence-corrected chi connectivity index (χ4v) is 2.47. The molecule has 2 aromatic heterocycles. The summed E-state index contributed by atoms with van der Waals surface area (Å²) in [7, 11) is 0. The maximum absolute atomic E-state index is 8.79. The molecule has 0 radical (unpaired) electrons. The predicted octanol–water partition coefficient (Wildman–Crippen LogP) is 3.47. The molecule has 0 fully saturated rings. The van der Waals surface area contributed by atoms with Crippen molar-refractivity contribution >= 4 is 17.9 Å². The zero-order valence-corrected chi connectivity index (χ0v) is 13.5. The number of aromatic nitrogens is 4. The Hall–Kier alpha value is -3.22. The second-order valence-electron chi connectivity index (χ2n) is 5.47. The van der Waals surface area contributed by atoms with Crippen LogP contribution >= 0.6 is 0 Å². The molecule has 0 amide bonds. The molecule has 122 valence electrons. The van der Waals surface area contributed by atoms with E-state index >= 15 is 0 Å². The molecular formula is C17H18N6O. The first-order valence-electron chi connectivity index (χ1n) is 7.59. The topological polar surface area (TPSA) is 88.2 Å². The quantitative estimate of drug-likeness (QED) is 0.426. The first kappa shape index (κ1) is 15.7. The molecule has 1 aromatic carbocycles. The summed E-state index contributed by atoms with van der Waals surface area (Å²) in [6.07, 6.45) is 4.73. The highest BCUT2D eigenvalue weighted by molar-refractivity contribution is 5.76. The lowest BCUT2D eigenvalue weighted by atomic mass is 10.2. The van der Waals surface area contributed by atoms with Crippen molar-refractivity contribution in [1.82, 2.24) is 19.5 Å². The average molecular weight is 322 g/mol. The number of hydrogen-bond donors (Lipinski definition) is 2. The number of hydrogen-bond acceptors (Lipinski definition) is 6. The Kier molecular flexibility index (Phi) is 4.51. The van der Waals surface area contributed by atoms with Crippen molar-refractivity contribution in [1.29, 1.82) is 0 Å². The van der Waals surface area contributed by atoms with Crippen molar-refractivity contribution in [3.63, 3.8) is 0 Å². The van der Waals surface area contributed by atoms with E-state index in [9.17, 15) is 0 Å². The predicted molar refractivity (Wildman–Crippen MR) is 92.7 cm³/mol. The second-order valence-corrected chi connectivity index (χ2v) is 5.47. The first-order valence-corrected chi connectivity index (χ1v) is 7.59. The molecule has 2 heterocycles. The third-order valence-corrected chi connectivity index (χ3v) is 3.46. The van der Waals surface area contributed by atoms with Gasteiger partial charge in [0.15, 0.2) is 5.82 Å². The van der Waals surface area contributed by atoms with Crippen molar-refractivity contribution in [2.24, 2.45) is 5.16 Å². The zero-order valence-electron chi connectivity index (χ0n) is 13.5. The molecule has 0 spiro atoms. The van der Waals surface area contributed by atoms with E-state index in [0.717, 1.165) is 17.1 Å². The summed E-state index contributed by atoms with van der Waals surface area (Å²) in [5.41, 5.74) is 2.49. The molecule has 7 nitrogen and oxygen atoms in total. The summed E-state index contributed by atoms with van der Waals surface area (Å²) in [6.45, 7) is 4.06. The molecule has 0 bridgehead atoms. The van der Waals surface area contributed by atoms with Crippen LogP contribution in [0.15, 0.2) is 53.9 Å². The molecule has 24 heavy (non-hydrogen) atoms. The van der Waals surface area contributed by atoms with Gasteiger partial charge in [-0.2, -0.15) is 0 Å². The van der Waals surface area contributed by atoms with Crippen LogP contribution in [0.1, 0.15) is 25.7 Å². The smallest absolute Gasteiger partial charge is 0.227 e. The van der Waals surface area contributed by atoms with Crippen LogP contribution in [-0.4, -0.2) is 30.9 Å². The lowest BCUT2D eigenvalue weighted by Crippen LogP contribution is -2.08. The summed E-state index contributed by atoms with van der Waals surface area (Å²) in [5.74, 6) is 1.08. The van der Waals surface area contributed by atoms with Crippen molar-refractivity contribution in [2.45, 2.75) is 19.9 Å². The van der Waals surface area contributed by atoms with E-state index in [-0.39, 0.29) is 6.04 Å². The number of para-hydroxylation sites is 1. The number of nitrogens with zero attached hydrogens (tertiary/aromatic N) is 5. The molecule has 3 aromatic rings. The third kappa shape index (κ3) is 3.24. The fourth-order valence-electron chi connectivity index (χ4n) is 2.47. The molecule has 0 saturated heterocycles. The highest BCUT2D eigenvalue weighted by Gasteiger charge is 2.15. The monoisotopic (exact) mass is 322 g/mol. The standard InChI is InChI=1S/C17H18N6O/c1-12(2)23-15(10-19-16(23)11-20-24)14-8-9-18-17(22-14)21-13-6-4-3-5-7-13/h3-12,24H,1-2H3,(H,18,21,22)/b20-11-. The summed E-state index contributed by atoms with van der Waals surface area (Å²) < 4.78 is 1.95. The van der Waals surface area contributed by atoms with Crippen molar-refractivity contribution in [3.05, 3.63) is 54.6 Å². The van der Waals surface area contributed by atoms with Crippen LogP contribution < -0.4 is 5.32 Å². The van der Waals surface area contributed by atoms with E-state index in [4.69, 9.17) is 5.21 Å². The van der Waals surface area contributed by atoms with Crippen LogP contribution in [0.4, 0.5) is 11.6 Å². The van der Waals surface area contributed by atoms with Gasteiger partial charge in [-0.05, 0) is 32.0 Å². The molecule has 0 saturated carbocycles. The molecule has 0 aliphatic carbocycles. The number of imidazole rings is 1. The van der Waals surface area contributed by atoms with Crippen molar-refractivity contribution in [2.75, 3.05) is 5.32 Å². The average Bonchev–Trinajstić information content (AvgIpc) is 3.00. The molecular weight excluding hydrogens is 304 g/mol. The third-order valence-electron chi connectivity index (χ3n) is 3.46.